The fraction of sp³-hybridized carbons (Fsp3) is 0.379. The van der Waals surface area contributed by atoms with E-state index < -0.39 is 10.0 Å². The molecule has 5 heteroatoms. The van der Waals surface area contributed by atoms with E-state index >= 15 is 0 Å². The molecule has 2 atom stereocenters. The molecular weight excluding hydrogens is 440 g/mol. The van der Waals surface area contributed by atoms with Crippen LogP contribution in [0.2, 0.25) is 0 Å². The lowest BCUT2D eigenvalue weighted by atomic mass is 9.64. The van der Waals surface area contributed by atoms with Gasteiger partial charge < -0.3 is 4.90 Å². The summed E-state index contributed by atoms with van der Waals surface area (Å²) in [5, 5.41) is 0. The molecule has 0 spiro atoms. The first kappa shape index (κ1) is 23.3. The zero-order valence-corrected chi connectivity index (χ0v) is 21.1. The molecule has 0 radical (unpaired) electrons. The third kappa shape index (κ3) is 4.00. The van der Waals surface area contributed by atoms with E-state index in [1.54, 1.807) is 12.1 Å². The molecule has 0 aromatic heterocycles. The van der Waals surface area contributed by atoms with Gasteiger partial charge in [0.1, 0.15) is 0 Å². The molecule has 1 aliphatic carbocycles. The molecule has 3 aliphatic rings. The van der Waals surface area contributed by atoms with Gasteiger partial charge in [0.25, 0.3) is 0 Å². The van der Waals surface area contributed by atoms with Crippen LogP contribution in [0.5, 0.6) is 0 Å². The third-order valence-corrected chi connectivity index (χ3v) is 10.1. The molecule has 3 fully saturated rings. The molecule has 2 bridgehead atoms. The Labute approximate surface area is 204 Å². The van der Waals surface area contributed by atoms with Crippen molar-refractivity contribution in [1.29, 1.82) is 0 Å². The van der Waals surface area contributed by atoms with E-state index in [-0.39, 0.29) is 23.4 Å². The topological polar surface area (TPSA) is 40.6 Å². The fourth-order valence-electron chi connectivity index (χ4n) is 6.24. The van der Waals surface area contributed by atoms with Crippen LogP contribution in [0.25, 0.3) is 0 Å². The maximum Gasteiger partial charge on any atom is 0.243 e. The van der Waals surface area contributed by atoms with Gasteiger partial charge in [0.2, 0.25) is 10.0 Å². The van der Waals surface area contributed by atoms with Crippen LogP contribution in [0.1, 0.15) is 47.8 Å². The third-order valence-electron chi connectivity index (χ3n) is 8.19. The molecule has 2 saturated heterocycles. The van der Waals surface area contributed by atoms with Gasteiger partial charge in [-0.1, -0.05) is 78.4 Å². The highest BCUT2D eigenvalue weighted by Crippen LogP contribution is 2.54. The van der Waals surface area contributed by atoms with Gasteiger partial charge in [0, 0.05) is 30.0 Å². The molecule has 4 nitrogen and oxygen atoms in total. The standard InChI is InChI=1S/C29H34N2O2S/c1-22-14-16-25(17-15-22)34(32,33)31-19-18-29(30(2)3)20-26(23-10-6-4-7-11-23)28(31)27(21-29)24-12-8-5-9-13-24/h4-17,26-28H,18-21H2,1-3H3/t26-,27-,28?,29?/m0/s1. The number of rotatable bonds is 5. The SMILES string of the molecule is Cc1ccc(S(=O)(=O)N2CCC3(N(C)C)C[C@@H](c4ccccc4)C2[C@H](c2ccccc2)C3)cc1. The van der Waals surface area contributed by atoms with Crippen molar-refractivity contribution in [2.75, 3.05) is 20.6 Å². The Balaban J connectivity index is 1.71. The lowest BCUT2D eigenvalue weighted by Gasteiger charge is -2.50. The largest absolute Gasteiger partial charge is 0.304 e. The molecule has 2 heterocycles. The smallest absolute Gasteiger partial charge is 0.243 e. The van der Waals surface area contributed by atoms with Gasteiger partial charge in [-0.05, 0) is 63.5 Å². The van der Waals surface area contributed by atoms with E-state index in [1.165, 1.54) is 11.1 Å². The van der Waals surface area contributed by atoms with Crippen molar-refractivity contribution in [2.24, 2.45) is 0 Å². The van der Waals surface area contributed by atoms with Gasteiger partial charge in [0.15, 0.2) is 0 Å². The van der Waals surface area contributed by atoms with Crippen molar-refractivity contribution in [3.8, 4) is 0 Å². The van der Waals surface area contributed by atoms with Crippen LogP contribution < -0.4 is 0 Å². The first-order chi connectivity index (χ1) is 16.3. The maximum absolute atomic E-state index is 14.2. The summed E-state index contributed by atoms with van der Waals surface area (Å²) in [7, 11) is 0.666. The fourth-order valence-corrected chi connectivity index (χ4v) is 7.94. The average Bonchev–Trinajstić information content (AvgIpc) is 3.14. The highest BCUT2D eigenvalue weighted by molar-refractivity contribution is 7.89. The minimum Gasteiger partial charge on any atom is -0.304 e. The summed E-state index contributed by atoms with van der Waals surface area (Å²) >= 11 is 0. The summed E-state index contributed by atoms with van der Waals surface area (Å²) < 4.78 is 30.2. The number of benzene rings is 3. The second-order valence-electron chi connectivity index (χ2n) is 10.2. The van der Waals surface area contributed by atoms with E-state index in [0.29, 0.717) is 11.4 Å². The molecule has 3 aromatic rings. The van der Waals surface area contributed by atoms with Crippen molar-refractivity contribution in [1.82, 2.24) is 9.21 Å². The number of aryl methyl sites for hydroxylation is 1. The first-order valence-electron chi connectivity index (χ1n) is 12.2. The molecular formula is C29H34N2O2S. The van der Waals surface area contributed by atoms with Crippen LogP contribution in [0, 0.1) is 6.92 Å². The highest BCUT2D eigenvalue weighted by Gasteiger charge is 2.55. The predicted molar refractivity (Wildman–Crippen MR) is 137 cm³/mol. The highest BCUT2D eigenvalue weighted by atomic mass is 32.2. The molecule has 0 N–H and O–H groups in total. The van der Waals surface area contributed by atoms with Crippen LogP contribution in [-0.4, -0.2) is 49.8 Å². The van der Waals surface area contributed by atoms with Crippen molar-refractivity contribution >= 4 is 10.0 Å². The van der Waals surface area contributed by atoms with Gasteiger partial charge in [-0.3, -0.25) is 0 Å². The number of hydrogen-bond acceptors (Lipinski definition) is 3. The van der Waals surface area contributed by atoms with Crippen molar-refractivity contribution in [3.63, 3.8) is 0 Å². The second-order valence-corrected chi connectivity index (χ2v) is 12.1. The quantitative estimate of drug-likeness (QED) is 0.496. The second kappa shape index (κ2) is 8.95. The van der Waals surface area contributed by atoms with Crippen molar-refractivity contribution in [3.05, 3.63) is 102 Å². The zero-order chi connectivity index (χ0) is 23.9. The number of nitrogens with zero attached hydrogens (tertiary/aromatic N) is 2. The van der Waals surface area contributed by atoms with Crippen molar-refractivity contribution < 1.29 is 8.42 Å². The normalized spacial score (nSPS) is 27.6. The molecule has 0 unspecified atom stereocenters. The Morgan fingerprint density at radius 1 is 0.794 bits per heavy atom. The van der Waals surface area contributed by atoms with E-state index in [1.807, 2.05) is 35.5 Å². The average molecular weight is 475 g/mol. The predicted octanol–water partition coefficient (Wildman–Crippen LogP) is 5.42. The monoisotopic (exact) mass is 474 g/mol. The van der Waals surface area contributed by atoms with Crippen LogP contribution in [0.4, 0.5) is 0 Å². The minimum atomic E-state index is -3.66. The van der Waals surface area contributed by atoms with Gasteiger partial charge in [-0.2, -0.15) is 4.31 Å². The first-order valence-corrected chi connectivity index (χ1v) is 13.6. The van der Waals surface area contributed by atoms with Gasteiger partial charge >= 0.3 is 0 Å². The molecule has 0 amide bonds. The maximum atomic E-state index is 14.2. The minimum absolute atomic E-state index is 0.0605. The van der Waals surface area contributed by atoms with Gasteiger partial charge in [-0.15, -0.1) is 0 Å². The van der Waals surface area contributed by atoms with Crippen LogP contribution in [-0.2, 0) is 10.0 Å². The van der Waals surface area contributed by atoms with E-state index in [9.17, 15) is 8.42 Å². The Morgan fingerprint density at radius 3 is 1.76 bits per heavy atom. The lowest BCUT2D eigenvalue weighted by molar-refractivity contribution is 0.0747. The van der Waals surface area contributed by atoms with Crippen LogP contribution in [0.3, 0.4) is 0 Å². The molecule has 34 heavy (non-hydrogen) atoms. The van der Waals surface area contributed by atoms with Crippen LogP contribution in [0.15, 0.2) is 89.8 Å². The zero-order valence-electron chi connectivity index (χ0n) is 20.3. The Hall–Kier alpha value is -2.47. The number of hydrogen-bond donors (Lipinski definition) is 0. The van der Waals surface area contributed by atoms with Gasteiger partial charge in [0.05, 0.1) is 4.90 Å². The summed E-state index contributed by atoms with van der Waals surface area (Å²) in [5.41, 5.74) is 3.46. The Kier molecular flexibility index (Phi) is 6.13. The molecule has 3 aromatic carbocycles. The molecule has 178 valence electrons. The summed E-state index contributed by atoms with van der Waals surface area (Å²) in [6.45, 7) is 2.52. The molecule has 1 saturated carbocycles. The molecule has 2 aliphatic heterocycles. The van der Waals surface area contributed by atoms with E-state index in [4.69, 9.17) is 0 Å². The van der Waals surface area contributed by atoms with Crippen LogP contribution >= 0.6 is 0 Å². The summed E-state index contributed by atoms with van der Waals surface area (Å²) in [5.74, 6) is 0.232. The Bertz CT molecular complexity index is 1170. The van der Waals surface area contributed by atoms with E-state index in [2.05, 4.69) is 67.5 Å². The summed E-state index contributed by atoms with van der Waals surface area (Å²) in [6, 6.07) is 28.3. The van der Waals surface area contributed by atoms with E-state index in [0.717, 1.165) is 24.8 Å². The lowest BCUT2D eigenvalue weighted by Crippen LogP contribution is -2.53. The van der Waals surface area contributed by atoms with Crippen molar-refractivity contribution in [2.45, 2.75) is 54.5 Å². The summed E-state index contributed by atoms with van der Waals surface area (Å²) in [6.07, 6.45) is 2.74. The molecule has 6 rings (SSSR count). The Morgan fingerprint density at radius 2 is 1.29 bits per heavy atom. The number of sulfonamides is 1. The summed E-state index contributed by atoms with van der Waals surface area (Å²) in [4.78, 5) is 2.75. The number of fused-ring (bicyclic) bond motifs is 4. The van der Waals surface area contributed by atoms with Gasteiger partial charge in [-0.25, -0.2) is 8.42 Å².